The van der Waals surface area contributed by atoms with Crippen LogP contribution in [0.1, 0.15) is 47.0 Å². The maximum Gasteiger partial charge on any atom is 0.0334 e. The zero-order chi connectivity index (χ0) is 11.8. The van der Waals surface area contributed by atoms with E-state index in [1.165, 1.54) is 45.4 Å². The highest BCUT2D eigenvalue weighted by Gasteiger charge is 2.46. The van der Waals surface area contributed by atoms with Crippen LogP contribution >= 0.6 is 0 Å². The van der Waals surface area contributed by atoms with E-state index in [9.17, 15) is 0 Å². The summed E-state index contributed by atoms with van der Waals surface area (Å²) in [5.41, 5.74) is 0.916. The van der Waals surface area contributed by atoms with Crippen molar-refractivity contribution in [2.24, 2.45) is 11.3 Å². The Balaban J connectivity index is 1.94. The second kappa shape index (κ2) is 4.30. The van der Waals surface area contributed by atoms with E-state index in [2.05, 4.69) is 37.9 Å². The molecule has 0 aromatic rings. The maximum atomic E-state index is 3.58. The minimum Gasteiger partial charge on any atom is -0.314 e. The van der Waals surface area contributed by atoms with Crippen molar-refractivity contribution in [1.82, 2.24) is 10.2 Å². The average molecular weight is 224 g/mol. The third-order valence-electron chi connectivity index (χ3n) is 4.35. The monoisotopic (exact) mass is 224 g/mol. The topological polar surface area (TPSA) is 15.3 Å². The molecular formula is C14H28N2. The van der Waals surface area contributed by atoms with E-state index in [1.54, 1.807) is 0 Å². The fourth-order valence-corrected chi connectivity index (χ4v) is 2.87. The number of nitrogens with one attached hydrogen (secondary N) is 1. The summed E-state index contributed by atoms with van der Waals surface area (Å²) in [6.07, 6.45) is 4.21. The summed E-state index contributed by atoms with van der Waals surface area (Å²) in [5, 5.41) is 3.58. The molecule has 0 amide bonds. The van der Waals surface area contributed by atoms with Gasteiger partial charge in [-0.05, 0) is 44.1 Å². The Morgan fingerprint density at radius 3 is 2.56 bits per heavy atom. The van der Waals surface area contributed by atoms with E-state index < -0.39 is 0 Å². The Labute approximate surface area is 101 Å². The van der Waals surface area contributed by atoms with Crippen molar-refractivity contribution in [2.45, 2.75) is 52.5 Å². The van der Waals surface area contributed by atoms with Gasteiger partial charge in [0.05, 0.1) is 0 Å². The maximum absolute atomic E-state index is 3.58. The van der Waals surface area contributed by atoms with Crippen LogP contribution in [-0.4, -0.2) is 36.6 Å². The molecule has 94 valence electrons. The molecule has 0 radical (unpaired) electrons. The summed E-state index contributed by atoms with van der Waals surface area (Å²) < 4.78 is 0. The van der Waals surface area contributed by atoms with E-state index in [-0.39, 0.29) is 0 Å². The van der Waals surface area contributed by atoms with Gasteiger partial charge in [0, 0.05) is 25.2 Å². The van der Waals surface area contributed by atoms with Crippen LogP contribution in [0, 0.1) is 11.3 Å². The zero-order valence-electron chi connectivity index (χ0n) is 11.5. The third kappa shape index (κ3) is 2.78. The van der Waals surface area contributed by atoms with E-state index in [0.29, 0.717) is 11.0 Å². The minimum absolute atomic E-state index is 0.448. The molecule has 16 heavy (non-hydrogen) atoms. The third-order valence-corrected chi connectivity index (χ3v) is 4.35. The predicted molar refractivity (Wildman–Crippen MR) is 69.6 cm³/mol. The summed E-state index contributed by atoms with van der Waals surface area (Å²) >= 11 is 0. The summed E-state index contributed by atoms with van der Waals surface area (Å²) in [6.45, 7) is 14.4. The summed E-state index contributed by atoms with van der Waals surface area (Å²) in [4.78, 5) is 2.76. The quantitative estimate of drug-likeness (QED) is 0.792. The normalized spacial score (nSPS) is 33.0. The Hall–Kier alpha value is -0.0800. The van der Waals surface area contributed by atoms with Gasteiger partial charge in [0.1, 0.15) is 0 Å². The molecule has 1 atom stereocenters. The highest BCUT2D eigenvalue weighted by atomic mass is 15.3. The molecule has 0 aromatic heterocycles. The first kappa shape index (κ1) is 12.4. The van der Waals surface area contributed by atoms with Crippen molar-refractivity contribution in [3.05, 3.63) is 0 Å². The molecule has 1 N–H and O–H groups in total. The van der Waals surface area contributed by atoms with Crippen molar-refractivity contribution in [2.75, 3.05) is 26.2 Å². The summed E-state index contributed by atoms with van der Waals surface area (Å²) in [7, 11) is 0. The first-order valence-corrected chi connectivity index (χ1v) is 6.88. The van der Waals surface area contributed by atoms with Crippen LogP contribution in [0.25, 0.3) is 0 Å². The van der Waals surface area contributed by atoms with Gasteiger partial charge in [-0.15, -0.1) is 0 Å². The molecule has 0 spiro atoms. The number of hydrogen-bond acceptors (Lipinski definition) is 2. The van der Waals surface area contributed by atoms with Gasteiger partial charge in [-0.3, -0.25) is 4.90 Å². The van der Waals surface area contributed by atoms with Gasteiger partial charge in [-0.1, -0.05) is 20.8 Å². The number of nitrogens with zero attached hydrogens (tertiary/aromatic N) is 1. The van der Waals surface area contributed by atoms with E-state index in [1.807, 2.05) is 0 Å². The highest BCUT2D eigenvalue weighted by molar-refractivity contribution is 5.03. The molecule has 1 heterocycles. The number of hydrogen-bond donors (Lipinski definition) is 1. The molecule has 0 aromatic carbocycles. The van der Waals surface area contributed by atoms with Crippen molar-refractivity contribution in [3.63, 3.8) is 0 Å². The molecule has 2 heteroatoms. The molecule has 1 saturated heterocycles. The second-order valence-electron chi connectivity index (χ2n) is 7.11. The standard InChI is InChI=1S/C14H28N2/c1-13(2,3)7-9-16-10-8-15-11-14(16,4)12-5-6-12/h12,15H,5-11H2,1-4H3. The lowest BCUT2D eigenvalue weighted by atomic mass is 9.87. The van der Waals surface area contributed by atoms with Crippen molar-refractivity contribution in [3.8, 4) is 0 Å². The first-order chi connectivity index (χ1) is 7.42. The minimum atomic E-state index is 0.448. The molecule has 1 saturated carbocycles. The van der Waals surface area contributed by atoms with Crippen LogP contribution in [0.15, 0.2) is 0 Å². The molecule has 2 fully saturated rings. The second-order valence-corrected chi connectivity index (χ2v) is 7.11. The highest BCUT2D eigenvalue weighted by Crippen LogP contribution is 2.43. The Morgan fingerprint density at radius 2 is 2.00 bits per heavy atom. The predicted octanol–water partition coefficient (Wildman–Crippen LogP) is 2.50. The molecule has 1 unspecified atom stereocenters. The lowest BCUT2D eigenvalue weighted by molar-refractivity contribution is 0.0462. The van der Waals surface area contributed by atoms with E-state index >= 15 is 0 Å². The van der Waals surface area contributed by atoms with Gasteiger partial charge in [-0.2, -0.15) is 0 Å². The van der Waals surface area contributed by atoms with Gasteiger partial charge in [0.25, 0.3) is 0 Å². The Kier molecular flexibility index (Phi) is 3.33. The zero-order valence-corrected chi connectivity index (χ0v) is 11.5. The SMILES string of the molecule is CC(C)(C)CCN1CCNCC1(C)C1CC1. The van der Waals surface area contributed by atoms with Crippen LogP contribution < -0.4 is 5.32 Å². The van der Waals surface area contributed by atoms with Crippen molar-refractivity contribution < 1.29 is 0 Å². The molecule has 2 rings (SSSR count). The van der Waals surface area contributed by atoms with Gasteiger partial charge in [-0.25, -0.2) is 0 Å². The largest absolute Gasteiger partial charge is 0.314 e. The Morgan fingerprint density at radius 1 is 1.31 bits per heavy atom. The van der Waals surface area contributed by atoms with Crippen LogP contribution in [0.3, 0.4) is 0 Å². The van der Waals surface area contributed by atoms with Crippen LogP contribution in [-0.2, 0) is 0 Å². The van der Waals surface area contributed by atoms with Crippen LogP contribution in [0.5, 0.6) is 0 Å². The molecule has 1 aliphatic carbocycles. The molecule has 2 nitrogen and oxygen atoms in total. The molecule has 2 aliphatic rings. The van der Waals surface area contributed by atoms with Gasteiger partial charge >= 0.3 is 0 Å². The van der Waals surface area contributed by atoms with Crippen molar-refractivity contribution in [1.29, 1.82) is 0 Å². The summed E-state index contributed by atoms with van der Waals surface area (Å²) in [6, 6.07) is 0. The summed E-state index contributed by atoms with van der Waals surface area (Å²) in [5.74, 6) is 0.959. The van der Waals surface area contributed by atoms with Gasteiger partial charge in [0.15, 0.2) is 0 Å². The fourth-order valence-electron chi connectivity index (χ4n) is 2.87. The van der Waals surface area contributed by atoms with Crippen LogP contribution in [0.4, 0.5) is 0 Å². The molecular weight excluding hydrogens is 196 g/mol. The van der Waals surface area contributed by atoms with Crippen LogP contribution in [0.2, 0.25) is 0 Å². The number of rotatable bonds is 3. The molecule has 1 aliphatic heterocycles. The van der Waals surface area contributed by atoms with E-state index in [4.69, 9.17) is 0 Å². The fraction of sp³-hybridized carbons (Fsp3) is 1.00. The Bertz CT molecular complexity index is 240. The number of piperazine rings is 1. The lowest BCUT2D eigenvalue weighted by Gasteiger charge is -2.46. The van der Waals surface area contributed by atoms with Gasteiger partial charge in [0.2, 0.25) is 0 Å². The lowest BCUT2D eigenvalue weighted by Crippen LogP contribution is -2.61. The molecule has 0 bridgehead atoms. The average Bonchev–Trinajstić information content (AvgIpc) is 2.98. The van der Waals surface area contributed by atoms with E-state index in [0.717, 1.165) is 5.92 Å². The first-order valence-electron chi connectivity index (χ1n) is 6.88. The van der Waals surface area contributed by atoms with Gasteiger partial charge < -0.3 is 5.32 Å². The smallest absolute Gasteiger partial charge is 0.0334 e. The van der Waals surface area contributed by atoms with Crippen molar-refractivity contribution >= 4 is 0 Å².